The molecule has 0 aromatic rings. The van der Waals surface area contributed by atoms with E-state index in [0.29, 0.717) is 6.42 Å². The van der Waals surface area contributed by atoms with Crippen molar-refractivity contribution in [3.8, 4) is 0 Å². The minimum Gasteiger partial charge on any atom is -0.270 e. The van der Waals surface area contributed by atoms with E-state index in [1.54, 1.807) is 0 Å². The van der Waals surface area contributed by atoms with Gasteiger partial charge in [0, 0.05) is 0 Å². The molecule has 0 radical (unpaired) electrons. The first-order chi connectivity index (χ1) is 6.99. The van der Waals surface area contributed by atoms with E-state index in [1.165, 1.54) is 18.4 Å². The van der Waals surface area contributed by atoms with Crippen LogP contribution >= 0.6 is 0 Å². The first-order valence-corrected chi connectivity index (χ1v) is 7.33. The molecule has 0 N–H and O–H groups in total. The molecule has 0 aliphatic carbocycles. The Labute approximate surface area is 93.6 Å². The number of hydrogen-bond acceptors (Lipinski definition) is 3. The van der Waals surface area contributed by atoms with Crippen LogP contribution in [0.5, 0.6) is 0 Å². The average Bonchev–Trinajstić information content (AvgIpc) is 2.14. The van der Waals surface area contributed by atoms with Crippen molar-refractivity contribution in [2.45, 2.75) is 46.0 Å². The monoisotopic (exact) mass is 234 g/mol. The van der Waals surface area contributed by atoms with Gasteiger partial charge in [0.2, 0.25) is 0 Å². The van der Waals surface area contributed by atoms with Crippen molar-refractivity contribution in [2.75, 3.05) is 12.9 Å². The Morgan fingerprint density at radius 3 is 2.47 bits per heavy atom. The highest BCUT2D eigenvalue weighted by Crippen LogP contribution is 2.10. The van der Waals surface area contributed by atoms with Gasteiger partial charge in [-0.25, -0.2) is 0 Å². The number of unbranched alkanes of at least 4 members (excludes halogenated alkanes) is 2. The molecule has 4 heteroatoms. The van der Waals surface area contributed by atoms with E-state index in [-0.39, 0.29) is 6.61 Å². The highest BCUT2D eigenvalue weighted by molar-refractivity contribution is 7.85. The standard InChI is InChI=1S/C11H22O3S/c1-4-6-7-8-11(5-2)9-10-14-15(3,12)13/h8H,4-7,9-10H2,1-3H3. The van der Waals surface area contributed by atoms with Crippen LogP contribution < -0.4 is 0 Å². The van der Waals surface area contributed by atoms with E-state index >= 15 is 0 Å². The Kier molecular flexibility index (Phi) is 7.70. The third kappa shape index (κ3) is 9.94. The summed E-state index contributed by atoms with van der Waals surface area (Å²) < 4.78 is 26.1. The zero-order valence-corrected chi connectivity index (χ0v) is 10.8. The molecule has 15 heavy (non-hydrogen) atoms. The second kappa shape index (κ2) is 7.88. The number of hydrogen-bond donors (Lipinski definition) is 0. The molecule has 0 saturated heterocycles. The van der Waals surface area contributed by atoms with Crippen LogP contribution in [0.15, 0.2) is 11.6 Å². The van der Waals surface area contributed by atoms with Crippen molar-refractivity contribution in [3.05, 3.63) is 11.6 Å². The van der Waals surface area contributed by atoms with Gasteiger partial charge in [-0.15, -0.1) is 0 Å². The number of rotatable bonds is 8. The second-order valence-electron chi connectivity index (χ2n) is 3.63. The van der Waals surface area contributed by atoms with E-state index in [0.717, 1.165) is 19.1 Å². The molecule has 3 nitrogen and oxygen atoms in total. The minimum atomic E-state index is -3.28. The van der Waals surface area contributed by atoms with Crippen LogP contribution in [0, 0.1) is 0 Å². The topological polar surface area (TPSA) is 43.4 Å². The van der Waals surface area contributed by atoms with Crippen molar-refractivity contribution < 1.29 is 12.6 Å². The van der Waals surface area contributed by atoms with E-state index < -0.39 is 10.1 Å². The highest BCUT2D eigenvalue weighted by atomic mass is 32.2. The summed E-state index contributed by atoms with van der Waals surface area (Å²) in [6.45, 7) is 4.51. The van der Waals surface area contributed by atoms with Gasteiger partial charge in [0.15, 0.2) is 0 Å². The van der Waals surface area contributed by atoms with Crippen LogP contribution in [0.25, 0.3) is 0 Å². The molecule has 0 amide bonds. The largest absolute Gasteiger partial charge is 0.270 e. The molecule has 0 rings (SSSR count). The Morgan fingerprint density at radius 2 is 2.00 bits per heavy atom. The molecule has 90 valence electrons. The van der Waals surface area contributed by atoms with Crippen LogP contribution in [0.1, 0.15) is 46.0 Å². The summed E-state index contributed by atoms with van der Waals surface area (Å²) in [6.07, 6.45) is 8.43. The summed E-state index contributed by atoms with van der Waals surface area (Å²) in [7, 11) is -3.28. The lowest BCUT2D eigenvalue weighted by molar-refractivity contribution is 0.324. The summed E-state index contributed by atoms with van der Waals surface area (Å²) >= 11 is 0. The molecule has 0 heterocycles. The maximum atomic E-state index is 10.7. The van der Waals surface area contributed by atoms with Crippen LogP contribution in [0.3, 0.4) is 0 Å². The van der Waals surface area contributed by atoms with Gasteiger partial charge in [0.25, 0.3) is 10.1 Å². The fourth-order valence-corrected chi connectivity index (χ4v) is 1.64. The molecule has 0 saturated carbocycles. The van der Waals surface area contributed by atoms with Crippen LogP contribution in [-0.4, -0.2) is 21.3 Å². The molecular weight excluding hydrogens is 212 g/mol. The zero-order chi connectivity index (χ0) is 11.7. The van der Waals surface area contributed by atoms with Crippen molar-refractivity contribution in [3.63, 3.8) is 0 Å². The molecule has 0 atom stereocenters. The van der Waals surface area contributed by atoms with Crippen molar-refractivity contribution in [2.24, 2.45) is 0 Å². The number of allylic oxidation sites excluding steroid dienone is 1. The van der Waals surface area contributed by atoms with Crippen LogP contribution in [0.4, 0.5) is 0 Å². The quantitative estimate of drug-likeness (QED) is 0.368. The summed E-state index contributed by atoms with van der Waals surface area (Å²) in [6, 6.07) is 0. The van der Waals surface area contributed by atoms with E-state index in [1.807, 2.05) is 0 Å². The molecule has 0 aromatic heterocycles. The van der Waals surface area contributed by atoms with Crippen molar-refractivity contribution >= 4 is 10.1 Å². The van der Waals surface area contributed by atoms with Gasteiger partial charge in [0.1, 0.15) is 0 Å². The van der Waals surface area contributed by atoms with E-state index in [9.17, 15) is 8.42 Å². The first-order valence-electron chi connectivity index (χ1n) is 5.52. The Bertz CT molecular complexity index is 278. The lowest BCUT2D eigenvalue weighted by Crippen LogP contribution is -2.04. The van der Waals surface area contributed by atoms with Gasteiger partial charge in [-0.3, -0.25) is 4.18 Å². The van der Waals surface area contributed by atoms with Gasteiger partial charge in [-0.2, -0.15) is 8.42 Å². The van der Waals surface area contributed by atoms with Crippen LogP contribution in [-0.2, 0) is 14.3 Å². The molecule has 0 aliphatic heterocycles. The third-order valence-electron chi connectivity index (χ3n) is 2.17. The van der Waals surface area contributed by atoms with Gasteiger partial charge in [-0.05, 0) is 19.3 Å². The normalized spacial score (nSPS) is 13.1. The van der Waals surface area contributed by atoms with Gasteiger partial charge in [-0.1, -0.05) is 38.3 Å². The van der Waals surface area contributed by atoms with E-state index in [4.69, 9.17) is 4.18 Å². The van der Waals surface area contributed by atoms with E-state index in [2.05, 4.69) is 19.9 Å². The fourth-order valence-electron chi connectivity index (χ4n) is 1.26. The lowest BCUT2D eigenvalue weighted by atomic mass is 10.1. The Balaban J connectivity index is 3.85. The third-order valence-corrected chi connectivity index (χ3v) is 2.76. The highest BCUT2D eigenvalue weighted by Gasteiger charge is 2.02. The predicted octanol–water partition coefficient (Wildman–Crippen LogP) is 2.88. The molecule has 0 aliphatic rings. The Morgan fingerprint density at radius 1 is 1.33 bits per heavy atom. The van der Waals surface area contributed by atoms with Crippen molar-refractivity contribution in [1.29, 1.82) is 0 Å². The Hall–Kier alpha value is -0.350. The summed E-state index contributed by atoms with van der Waals surface area (Å²) in [5, 5.41) is 0. The van der Waals surface area contributed by atoms with Crippen LogP contribution in [0.2, 0.25) is 0 Å². The van der Waals surface area contributed by atoms with Gasteiger partial charge >= 0.3 is 0 Å². The maximum absolute atomic E-state index is 10.7. The lowest BCUT2D eigenvalue weighted by Gasteiger charge is -2.04. The maximum Gasteiger partial charge on any atom is 0.264 e. The SMILES string of the molecule is CCCCC=C(CC)CCOS(C)(=O)=O. The van der Waals surface area contributed by atoms with Gasteiger partial charge in [0.05, 0.1) is 12.9 Å². The molecule has 0 aromatic carbocycles. The molecule has 0 spiro atoms. The second-order valence-corrected chi connectivity index (χ2v) is 5.28. The molecular formula is C11H22O3S. The smallest absolute Gasteiger partial charge is 0.264 e. The summed E-state index contributed by atoms with van der Waals surface area (Å²) in [4.78, 5) is 0. The van der Waals surface area contributed by atoms with Gasteiger partial charge < -0.3 is 0 Å². The average molecular weight is 234 g/mol. The predicted molar refractivity (Wildman–Crippen MR) is 63.3 cm³/mol. The van der Waals surface area contributed by atoms with Crippen molar-refractivity contribution in [1.82, 2.24) is 0 Å². The fraction of sp³-hybridized carbons (Fsp3) is 0.818. The molecule has 0 unspecified atom stereocenters. The molecule has 0 fully saturated rings. The first kappa shape index (κ1) is 14.6. The zero-order valence-electron chi connectivity index (χ0n) is 9.95. The summed E-state index contributed by atoms with van der Waals surface area (Å²) in [5.41, 5.74) is 1.28. The molecule has 0 bridgehead atoms. The minimum absolute atomic E-state index is 0.268. The summed E-state index contributed by atoms with van der Waals surface area (Å²) in [5.74, 6) is 0.